The van der Waals surface area contributed by atoms with Crippen LogP contribution in [0.1, 0.15) is 36.0 Å². The number of hydrogen-bond donors (Lipinski definition) is 0. The minimum absolute atomic E-state index is 0.0953. The number of rotatable bonds is 11. The van der Waals surface area contributed by atoms with Crippen LogP contribution in [0.2, 0.25) is 0 Å². The average molecular weight is 607 g/mol. The van der Waals surface area contributed by atoms with E-state index in [2.05, 4.69) is 6.07 Å². The summed E-state index contributed by atoms with van der Waals surface area (Å²) in [6.07, 6.45) is 2.67. The zero-order chi connectivity index (χ0) is 30.3. The normalized spacial score (nSPS) is 17.2. The molecule has 2 aromatic carbocycles. The summed E-state index contributed by atoms with van der Waals surface area (Å²) in [6, 6.07) is 21.9. The average Bonchev–Trinajstić information content (AvgIpc) is 3.05. The number of esters is 1. The Morgan fingerprint density at radius 1 is 1.02 bits per heavy atom. The van der Waals surface area contributed by atoms with Gasteiger partial charge in [0.2, 0.25) is 15.9 Å². The summed E-state index contributed by atoms with van der Waals surface area (Å²) in [7, 11) is -2.70. The third-order valence-corrected chi connectivity index (χ3v) is 10.6. The van der Waals surface area contributed by atoms with Crippen LogP contribution in [-0.2, 0) is 35.6 Å². The largest absolute Gasteiger partial charge is 0.475 e. The van der Waals surface area contributed by atoms with Crippen molar-refractivity contribution in [3.05, 3.63) is 89.5 Å². The van der Waals surface area contributed by atoms with Crippen LogP contribution in [0.4, 0.5) is 0 Å². The van der Waals surface area contributed by atoms with Crippen molar-refractivity contribution in [2.75, 3.05) is 46.6 Å². The maximum atomic E-state index is 13.7. The molecule has 0 radical (unpaired) electrons. The molecule has 0 N–H and O–H groups in total. The van der Waals surface area contributed by atoms with Crippen LogP contribution in [0.25, 0.3) is 16.8 Å². The summed E-state index contributed by atoms with van der Waals surface area (Å²) in [4.78, 5) is 17.4. The lowest BCUT2D eigenvalue weighted by Crippen LogP contribution is -2.57. The van der Waals surface area contributed by atoms with E-state index in [4.69, 9.17) is 23.9 Å². The maximum Gasteiger partial charge on any atom is 0.328 e. The first-order chi connectivity index (χ1) is 20.8. The summed E-state index contributed by atoms with van der Waals surface area (Å²) >= 11 is 0. The fourth-order valence-corrected chi connectivity index (χ4v) is 7.67. The predicted octanol–water partition coefficient (Wildman–Crippen LogP) is 4.79. The molecule has 1 fully saturated rings. The van der Waals surface area contributed by atoms with Crippen molar-refractivity contribution < 1.29 is 32.2 Å². The number of carbonyl (C=O) groups excluding carboxylic acids is 1. The fourth-order valence-electron chi connectivity index (χ4n) is 5.60. The lowest BCUT2D eigenvalue weighted by Gasteiger charge is -2.38. The minimum atomic E-state index is -3.94. The van der Waals surface area contributed by atoms with Gasteiger partial charge in [-0.2, -0.15) is 4.31 Å². The second-order valence-electron chi connectivity index (χ2n) is 10.7. The lowest BCUT2D eigenvalue weighted by molar-refractivity contribution is -0.146. The van der Waals surface area contributed by atoms with Crippen LogP contribution in [0.3, 0.4) is 0 Å². The van der Waals surface area contributed by atoms with Gasteiger partial charge in [-0.15, -0.1) is 0 Å². The molecule has 0 aliphatic carbocycles. The molecule has 2 aliphatic heterocycles. The summed E-state index contributed by atoms with van der Waals surface area (Å²) in [5, 5.41) is 0. The number of hydrogen-bond acceptors (Lipinski definition) is 8. The number of aryl methyl sites for hydroxylation is 1. The Morgan fingerprint density at radius 2 is 1.81 bits per heavy atom. The van der Waals surface area contributed by atoms with Gasteiger partial charge in [0, 0.05) is 50.8 Å². The van der Waals surface area contributed by atoms with E-state index >= 15 is 0 Å². The van der Waals surface area contributed by atoms with Crippen molar-refractivity contribution in [3.8, 4) is 17.1 Å². The third-order valence-electron chi connectivity index (χ3n) is 8.05. The number of carbonyl (C=O) groups is 1. The smallest absolute Gasteiger partial charge is 0.328 e. The lowest BCUT2D eigenvalue weighted by atomic mass is 9.95. The Balaban J connectivity index is 1.21. The molecule has 0 amide bonds. The van der Waals surface area contributed by atoms with E-state index in [1.807, 2.05) is 73.7 Å². The van der Waals surface area contributed by atoms with Crippen LogP contribution in [0, 0.1) is 6.92 Å². The number of benzene rings is 2. The summed E-state index contributed by atoms with van der Waals surface area (Å²) in [5.74, 6) is -0.175. The first-order valence-electron chi connectivity index (χ1n) is 14.5. The highest BCUT2D eigenvalue weighted by Crippen LogP contribution is 2.36. The van der Waals surface area contributed by atoms with Crippen LogP contribution in [0.5, 0.6) is 5.88 Å². The van der Waals surface area contributed by atoms with Crippen molar-refractivity contribution in [2.24, 2.45) is 0 Å². The van der Waals surface area contributed by atoms with Crippen molar-refractivity contribution in [1.29, 1.82) is 0 Å². The Bertz CT molecular complexity index is 1550. The Labute approximate surface area is 253 Å². The van der Waals surface area contributed by atoms with E-state index < -0.39 is 20.7 Å². The van der Waals surface area contributed by atoms with Crippen LogP contribution in [-0.4, -0.2) is 75.1 Å². The summed E-state index contributed by atoms with van der Waals surface area (Å²) in [5.41, 5.74) is 6.09. The Morgan fingerprint density at radius 3 is 2.51 bits per heavy atom. The molecule has 0 spiro atoms. The first-order valence-corrected chi connectivity index (χ1v) is 16.0. The van der Waals surface area contributed by atoms with Gasteiger partial charge in [0.1, 0.15) is 6.61 Å². The molecule has 10 heteroatoms. The standard InChI is InChI=1S/C33H38N2O7S/c1-25-23-28(27-13-17-35(18-14-27)43(37,38)33(32(36)39-2)15-19-40-20-16-33)11-12-29(25)30-9-6-10-31(34-30)42-22-21-41-24-26-7-4-3-5-8-26/h3-13,23H,14-22,24H2,1-2H3. The molecule has 43 heavy (non-hydrogen) atoms. The number of methoxy groups -OCH3 is 1. The zero-order valence-electron chi connectivity index (χ0n) is 24.7. The summed E-state index contributed by atoms with van der Waals surface area (Å²) < 4.78 is 49.0. The van der Waals surface area contributed by atoms with Crippen LogP contribution in [0.15, 0.2) is 72.8 Å². The van der Waals surface area contributed by atoms with Gasteiger partial charge in [-0.05, 0) is 41.7 Å². The van der Waals surface area contributed by atoms with E-state index in [1.165, 1.54) is 11.4 Å². The molecule has 228 valence electrons. The van der Waals surface area contributed by atoms with Gasteiger partial charge in [-0.3, -0.25) is 4.79 Å². The molecule has 0 unspecified atom stereocenters. The minimum Gasteiger partial charge on any atom is -0.475 e. The number of sulfonamides is 1. The topological polar surface area (TPSA) is 104 Å². The molecule has 9 nitrogen and oxygen atoms in total. The molecule has 0 saturated carbocycles. The highest BCUT2D eigenvalue weighted by molar-refractivity contribution is 7.91. The fraction of sp³-hybridized carbons (Fsp3) is 0.394. The van der Waals surface area contributed by atoms with Crippen molar-refractivity contribution in [2.45, 2.75) is 37.5 Å². The molecule has 5 rings (SSSR count). The molecular formula is C33H38N2O7S. The van der Waals surface area contributed by atoms with E-state index in [9.17, 15) is 13.2 Å². The first kappa shape index (κ1) is 30.9. The summed E-state index contributed by atoms with van der Waals surface area (Å²) in [6.45, 7) is 4.35. The predicted molar refractivity (Wildman–Crippen MR) is 164 cm³/mol. The Kier molecular flexibility index (Phi) is 9.92. The number of pyridine rings is 1. The van der Waals surface area contributed by atoms with Gasteiger partial charge in [-0.1, -0.05) is 60.7 Å². The van der Waals surface area contributed by atoms with Crippen molar-refractivity contribution in [1.82, 2.24) is 9.29 Å². The van der Waals surface area contributed by atoms with Crippen molar-refractivity contribution >= 4 is 21.6 Å². The van der Waals surface area contributed by atoms with Crippen LogP contribution < -0.4 is 4.74 Å². The molecule has 1 aromatic heterocycles. The number of nitrogens with zero attached hydrogens (tertiary/aromatic N) is 2. The second-order valence-corrected chi connectivity index (χ2v) is 13.0. The highest BCUT2D eigenvalue weighted by Gasteiger charge is 2.55. The number of ether oxygens (including phenoxy) is 4. The molecule has 1 saturated heterocycles. The molecule has 3 heterocycles. The zero-order valence-corrected chi connectivity index (χ0v) is 25.5. The molecule has 0 bridgehead atoms. The van der Waals surface area contributed by atoms with E-state index in [-0.39, 0.29) is 32.6 Å². The highest BCUT2D eigenvalue weighted by atomic mass is 32.2. The Hall–Kier alpha value is -3.57. The maximum absolute atomic E-state index is 13.7. The number of aromatic nitrogens is 1. The molecule has 0 atom stereocenters. The van der Waals surface area contributed by atoms with Gasteiger partial charge in [0.15, 0.2) is 4.75 Å². The molecule has 2 aliphatic rings. The van der Waals surface area contributed by atoms with E-state index in [0.29, 0.717) is 38.7 Å². The van der Waals surface area contributed by atoms with Gasteiger partial charge >= 0.3 is 5.97 Å². The van der Waals surface area contributed by atoms with Crippen molar-refractivity contribution in [3.63, 3.8) is 0 Å². The monoisotopic (exact) mass is 606 g/mol. The SMILES string of the molecule is COC(=O)C1(S(=O)(=O)N2CC=C(c3ccc(-c4cccc(OCCOCc5ccccc5)n4)c(C)c3)CC2)CCOCC1. The second kappa shape index (κ2) is 13.8. The van der Waals surface area contributed by atoms with Gasteiger partial charge in [-0.25, -0.2) is 13.4 Å². The van der Waals surface area contributed by atoms with Gasteiger partial charge in [0.25, 0.3) is 0 Å². The molecule has 3 aromatic rings. The quantitative estimate of drug-likeness (QED) is 0.227. The van der Waals surface area contributed by atoms with E-state index in [0.717, 1.165) is 33.5 Å². The third kappa shape index (κ3) is 6.83. The van der Waals surface area contributed by atoms with Gasteiger partial charge in [0.05, 0.1) is 26.0 Å². The van der Waals surface area contributed by atoms with Gasteiger partial charge < -0.3 is 18.9 Å². The van der Waals surface area contributed by atoms with Crippen LogP contribution >= 0.6 is 0 Å². The van der Waals surface area contributed by atoms with E-state index in [1.54, 1.807) is 0 Å². The molecular weight excluding hydrogens is 568 g/mol.